The van der Waals surface area contributed by atoms with Crippen molar-refractivity contribution in [2.75, 3.05) is 11.1 Å². The quantitative estimate of drug-likeness (QED) is 0.828. The molecule has 20 heavy (non-hydrogen) atoms. The summed E-state index contributed by atoms with van der Waals surface area (Å²) < 4.78 is 1.72. The van der Waals surface area contributed by atoms with Gasteiger partial charge in [-0.2, -0.15) is 15.0 Å². The molecule has 2 heterocycles. The number of hydrogen-bond donors (Lipinski definition) is 2. The summed E-state index contributed by atoms with van der Waals surface area (Å²) in [4.78, 5) is 16.7. The Balaban J connectivity index is 1.79. The number of nitrogen functional groups attached to an aromatic ring is 1. The second-order valence-electron chi connectivity index (χ2n) is 5.12. The van der Waals surface area contributed by atoms with Gasteiger partial charge < -0.3 is 11.1 Å². The number of nitrogens with zero attached hydrogens (tertiary/aromatic N) is 5. The summed E-state index contributed by atoms with van der Waals surface area (Å²) in [5.74, 6) is 1.26. The highest BCUT2D eigenvalue weighted by atomic mass is 15.3. The van der Waals surface area contributed by atoms with Crippen LogP contribution in [0.2, 0.25) is 0 Å². The molecule has 106 valence electrons. The predicted octanol–water partition coefficient (Wildman–Crippen LogP) is 1.77. The van der Waals surface area contributed by atoms with Crippen LogP contribution < -0.4 is 11.1 Å². The molecule has 2 aromatic rings. The van der Waals surface area contributed by atoms with Crippen LogP contribution in [0.25, 0.3) is 5.95 Å². The van der Waals surface area contributed by atoms with Crippen molar-refractivity contribution >= 4 is 11.9 Å². The van der Waals surface area contributed by atoms with Gasteiger partial charge >= 0.3 is 0 Å². The van der Waals surface area contributed by atoms with Gasteiger partial charge in [0.2, 0.25) is 17.8 Å². The second kappa shape index (κ2) is 5.85. The zero-order valence-corrected chi connectivity index (χ0v) is 11.4. The van der Waals surface area contributed by atoms with Crippen molar-refractivity contribution in [1.82, 2.24) is 24.5 Å². The fourth-order valence-electron chi connectivity index (χ4n) is 2.54. The van der Waals surface area contributed by atoms with Crippen LogP contribution in [-0.4, -0.2) is 30.5 Å². The Morgan fingerprint density at radius 3 is 2.60 bits per heavy atom. The molecule has 0 atom stereocenters. The second-order valence-corrected chi connectivity index (χ2v) is 5.12. The van der Waals surface area contributed by atoms with E-state index in [1.807, 2.05) is 0 Å². The lowest BCUT2D eigenvalue weighted by atomic mass is 10.1. The van der Waals surface area contributed by atoms with Gasteiger partial charge in [-0.15, -0.1) is 0 Å². The van der Waals surface area contributed by atoms with Gasteiger partial charge in [0.25, 0.3) is 0 Å². The average Bonchev–Trinajstić information content (AvgIpc) is 2.85. The molecule has 0 amide bonds. The third-order valence-electron chi connectivity index (χ3n) is 3.56. The van der Waals surface area contributed by atoms with Crippen molar-refractivity contribution in [2.24, 2.45) is 0 Å². The highest BCUT2D eigenvalue weighted by molar-refractivity contribution is 5.35. The molecule has 0 spiro atoms. The molecule has 1 aliphatic carbocycles. The van der Waals surface area contributed by atoms with Crippen LogP contribution in [0.4, 0.5) is 11.9 Å². The first-order valence-corrected chi connectivity index (χ1v) is 7.08. The van der Waals surface area contributed by atoms with E-state index >= 15 is 0 Å². The van der Waals surface area contributed by atoms with E-state index in [1.54, 1.807) is 23.3 Å². The maximum atomic E-state index is 5.77. The van der Waals surface area contributed by atoms with E-state index in [2.05, 4.69) is 25.3 Å². The van der Waals surface area contributed by atoms with Crippen LogP contribution in [0, 0.1) is 0 Å². The number of anilines is 2. The largest absolute Gasteiger partial charge is 0.368 e. The van der Waals surface area contributed by atoms with Gasteiger partial charge in [0.05, 0.1) is 0 Å². The number of rotatable bonds is 3. The van der Waals surface area contributed by atoms with Gasteiger partial charge in [-0.25, -0.2) is 4.98 Å². The Morgan fingerprint density at radius 1 is 1.10 bits per heavy atom. The fourth-order valence-corrected chi connectivity index (χ4v) is 2.54. The molecule has 0 radical (unpaired) electrons. The number of nitrogens with two attached hydrogens (primary N) is 1. The lowest BCUT2D eigenvalue weighted by molar-refractivity contribution is 0.614. The van der Waals surface area contributed by atoms with Crippen LogP contribution in [-0.2, 0) is 0 Å². The third-order valence-corrected chi connectivity index (χ3v) is 3.56. The Morgan fingerprint density at radius 2 is 1.90 bits per heavy atom. The van der Waals surface area contributed by atoms with E-state index in [0.717, 1.165) is 12.8 Å². The first-order valence-electron chi connectivity index (χ1n) is 7.08. The van der Waals surface area contributed by atoms with E-state index < -0.39 is 0 Å². The van der Waals surface area contributed by atoms with E-state index in [1.165, 1.54) is 25.7 Å². The summed E-state index contributed by atoms with van der Waals surface area (Å²) in [7, 11) is 0. The monoisotopic (exact) mass is 273 g/mol. The van der Waals surface area contributed by atoms with Gasteiger partial charge in [0.15, 0.2) is 0 Å². The van der Waals surface area contributed by atoms with Crippen molar-refractivity contribution in [1.29, 1.82) is 0 Å². The summed E-state index contributed by atoms with van der Waals surface area (Å²) >= 11 is 0. The maximum absolute atomic E-state index is 5.77. The maximum Gasteiger partial charge on any atom is 0.241 e. The van der Waals surface area contributed by atoms with Crippen molar-refractivity contribution < 1.29 is 0 Å². The summed E-state index contributed by atoms with van der Waals surface area (Å²) in [5, 5.41) is 3.39. The summed E-state index contributed by atoms with van der Waals surface area (Å²) in [6.45, 7) is 0. The summed E-state index contributed by atoms with van der Waals surface area (Å²) in [6.07, 6.45) is 12.6. The van der Waals surface area contributed by atoms with Crippen LogP contribution in [0.15, 0.2) is 18.7 Å². The molecule has 7 heteroatoms. The van der Waals surface area contributed by atoms with Crippen LogP contribution in [0.5, 0.6) is 0 Å². The molecule has 0 aromatic carbocycles. The van der Waals surface area contributed by atoms with Crippen LogP contribution >= 0.6 is 0 Å². The molecular formula is C13H19N7. The van der Waals surface area contributed by atoms with E-state index in [9.17, 15) is 0 Å². The topological polar surface area (TPSA) is 94.5 Å². The molecule has 0 aliphatic heterocycles. The SMILES string of the molecule is Nc1nc(NC2CCCCCC2)nc(-n2ccnc2)n1. The molecular weight excluding hydrogens is 254 g/mol. The van der Waals surface area contributed by atoms with Gasteiger partial charge in [-0.1, -0.05) is 25.7 Å². The minimum absolute atomic E-state index is 0.222. The van der Waals surface area contributed by atoms with Crippen molar-refractivity contribution in [3.63, 3.8) is 0 Å². The lowest BCUT2D eigenvalue weighted by Crippen LogP contribution is -2.21. The smallest absolute Gasteiger partial charge is 0.241 e. The van der Waals surface area contributed by atoms with E-state index in [4.69, 9.17) is 5.73 Å². The van der Waals surface area contributed by atoms with Gasteiger partial charge in [0, 0.05) is 18.4 Å². The lowest BCUT2D eigenvalue weighted by Gasteiger charge is -2.16. The molecule has 2 aromatic heterocycles. The first kappa shape index (κ1) is 12.8. The normalized spacial score (nSPS) is 16.8. The van der Waals surface area contributed by atoms with Gasteiger partial charge in [0.1, 0.15) is 6.33 Å². The highest BCUT2D eigenvalue weighted by Gasteiger charge is 2.14. The Hall–Kier alpha value is -2.18. The Bertz CT molecular complexity index is 544. The Kier molecular flexibility index (Phi) is 3.76. The zero-order chi connectivity index (χ0) is 13.8. The van der Waals surface area contributed by atoms with Gasteiger partial charge in [-0.05, 0) is 12.8 Å². The van der Waals surface area contributed by atoms with Crippen LogP contribution in [0.1, 0.15) is 38.5 Å². The minimum Gasteiger partial charge on any atom is -0.368 e. The molecule has 3 N–H and O–H groups in total. The van der Waals surface area contributed by atoms with Crippen molar-refractivity contribution in [3.8, 4) is 5.95 Å². The van der Waals surface area contributed by atoms with Crippen molar-refractivity contribution in [2.45, 2.75) is 44.6 Å². The molecule has 7 nitrogen and oxygen atoms in total. The molecule has 0 unspecified atom stereocenters. The third kappa shape index (κ3) is 3.04. The fraction of sp³-hybridized carbons (Fsp3) is 0.538. The minimum atomic E-state index is 0.222. The molecule has 1 fully saturated rings. The summed E-state index contributed by atoms with van der Waals surface area (Å²) in [5.41, 5.74) is 5.77. The summed E-state index contributed by atoms with van der Waals surface area (Å²) in [6, 6.07) is 0.426. The highest BCUT2D eigenvalue weighted by Crippen LogP contribution is 2.20. The average molecular weight is 273 g/mol. The number of imidazole rings is 1. The first-order chi connectivity index (χ1) is 9.81. The molecule has 1 aliphatic rings. The predicted molar refractivity (Wildman–Crippen MR) is 76.5 cm³/mol. The number of hydrogen-bond acceptors (Lipinski definition) is 6. The van der Waals surface area contributed by atoms with E-state index in [-0.39, 0.29) is 5.95 Å². The molecule has 0 bridgehead atoms. The standard InChI is InChI=1S/C13H19N7/c14-11-17-12(16-10-5-3-1-2-4-6-10)19-13(18-11)20-8-7-15-9-20/h7-10H,1-6H2,(H3,14,16,17,18,19). The molecule has 1 saturated carbocycles. The zero-order valence-electron chi connectivity index (χ0n) is 11.4. The molecule has 3 rings (SSSR count). The molecule has 0 saturated heterocycles. The van der Waals surface area contributed by atoms with E-state index in [0.29, 0.717) is 17.9 Å². The van der Waals surface area contributed by atoms with Gasteiger partial charge in [-0.3, -0.25) is 4.57 Å². The number of aromatic nitrogens is 5. The van der Waals surface area contributed by atoms with Crippen molar-refractivity contribution in [3.05, 3.63) is 18.7 Å². The number of nitrogens with one attached hydrogen (secondary N) is 1. The van der Waals surface area contributed by atoms with Crippen LogP contribution in [0.3, 0.4) is 0 Å². The Labute approximate surface area is 117 Å².